The lowest BCUT2D eigenvalue weighted by molar-refractivity contribution is -0.148. The van der Waals surface area contributed by atoms with Gasteiger partial charge in [-0.15, -0.1) is 0 Å². The number of anilines is 1. The number of phenols is 1. The molecule has 0 bridgehead atoms. The van der Waals surface area contributed by atoms with Crippen LogP contribution in [0.1, 0.15) is 22.3 Å². The number of nitrogens with zero attached hydrogens (tertiary/aromatic N) is 1. The Morgan fingerprint density at radius 3 is 2.50 bits per heavy atom. The van der Waals surface area contributed by atoms with Crippen molar-refractivity contribution in [3.8, 4) is 16.9 Å². The Bertz CT molecular complexity index is 1400. The summed E-state index contributed by atoms with van der Waals surface area (Å²) in [5.74, 6) is -7.14. The minimum absolute atomic E-state index is 0.00171. The number of carbonyl (C=O) groups excluding carboxylic acids is 3. The van der Waals surface area contributed by atoms with Crippen LogP contribution in [0.5, 0.6) is 5.75 Å². The minimum atomic E-state index is -2.69. The molecular weight excluding hydrogens is 470 g/mol. The largest absolute Gasteiger partial charge is 0.510 e. The quantitative estimate of drug-likeness (QED) is 0.202. The van der Waals surface area contributed by atoms with Crippen molar-refractivity contribution in [1.29, 1.82) is 0 Å². The lowest BCUT2D eigenvalue weighted by atomic mass is 9.58. The van der Waals surface area contributed by atoms with Crippen molar-refractivity contribution in [2.45, 2.75) is 24.5 Å². The third-order valence-electron chi connectivity index (χ3n) is 7.58. The van der Waals surface area contributed by atoms with Crippen molar-refractivity contribution in [3.05, 3.63) is 58.5 Å². The molecule has 0 fully saturated rings. The van der Waals surface area contributed by atoms with Crippen molar-refractivity contribution >= 4 is 23.2 Å². The maximum absolute atomic E-state index is 13.7. The van der Waals surface area contributed by atoms with Gasteiger partial charge >= 0.3 is 0 Å². The predicted octanol–water partition coefficient (Wildman–Crippen LogP) is 0.963. The van der Waals surface area contributed by atoms with E-state index in [1.54, 1.807) is 20.2 Å². The highest BCUT2D eigenvalue weighted by atomic mass is 16.3. The van der Waals surface area contributed by atoms with Crippen molar-refractivity contribution in [1.82, 2.24) is 4.90 Å². The summed E-state index contributed by atoms with van der Waals surface area (Å²) in [6, 6.07) is 2.15. The van der Waals surface area contributed by atoms with Gasteiger partial charge in [0.25, 0.3) is 5.91 Å². The Balaban J connectivity index is 1.76. The Morgan fingerprint density at radius 2 is 1.92 bits per heavy atom. The second kappa shape index (κ2) is 7.70. The first kappa shape index (κ1) is 23.6. The van der Waals surface area contributed by atoms with Crippen LogP contribution in [0, 0.1) is 11.8 Å². The fourth-order valence-electron chi connectivity index (χ4n) is 6.01. The number of amides is 1. The molecule has 188 valence electrons. The average molecular weight is 495 g/mol. The van der Waals surface area contributed by atoms with Gasteiger partial charge in [-0.05, 0) is 56.1 Å². The first-order chi connectivity index (χ1) is 16.9. The maximum Gasteiger partial charge on any atom is 0.255 e. The number of primary amides is 1. The summed E-state index contributed by atoms with van der Waals surface area (Å²) in [4.78, 5) is 40.6. The number of nitrogen functional groups attached to an aromatic ring is 1. The Morgan fingerprint density at radius 1 is 1.22 bits per heavy atom. The molecule has 4 atom stereocenters. The van der Waals surface area contributed by atoms with Gasteiger partial charge in [0.1, 0.15) is 22.8 Å². The van der Waals surface area contributed by atoms with E-state index in [0.717, 1.165) is 0 Å². The van der Waals surface area contributed by atoms with Gasteiger partial charge in [-0.25, -0.2) is 0 Å². The van der Waals surface area contributed by atoms with Gasteiger partial charge in [0.15, 0.2) is 11.4 Å². The average Bonchev–Trinajstić information content (AvgIpc) is 3.33. The fraction of sp³-hybridized carbons (Fsp3) is 0.320. The lowest BCUT2D eigenvalue weighted by Gasteiger charge is -2.50. The van der Waals surface area contributed by atoms with Gasteiger partial charge in [0, 0.05) is 17.1 Å². The number of benzene rings is 1. The fourth-order valence-corrected chi connectivity index (χ4v) is 6.01. The summed E-state index contributed by atoms with van der Waals surface area (Å²) in [7, 11) is 3.15. The van der Waals surface area contributed by atoms with Crippen LogP contribution in [0.4, 0.5) is 5.69 Å². The number of phenolic OH excluding ortho intramolecular Hbond substituents is 1. The molecule has 0 aliphatic heterocycles. The zero-order chi connectivity index (χ0) is 26.3. The van der Waals surface area contributed by atoms with E-state index < -0.39 is 63.8 Å². The third-order valence-corrected chi connectivity index (χ3v) is 7.58. The predicted molar refractivity (Wildman–Crippen MR) is 126 cm³/mol. The Kier molecular flexibility index (Phi) is 5.06. The zero-order valence-corrected chi connectivity index (χ0v) is 19.5. The second-order valence-corrected chi connectivity index (χ2v) is 9.69. The normalized spacial score (nSPS) is 27.7. The smallest absolute Gasteiger partial charge is 0.255 e. The molecular formula is C25H25N3O8. The van der Waals surface area contributed by atoms with Crippen molar-refractivity contribution in [2.24, 2.45) is 17.6 Å². The molecule has 1 amide bonds. The molecule has 3 aliphatic carbocycles. The van der Waals surface area contributed by atoms with Crippen LogP contribution in [-0.2, 0) is 16.0 Å². The summed E-state index contributed by atoms with van der Waals surface area (Å²) >= 11 is 0. The van der Waals surface area contributed by atoms with E-state index in [-0.39, 0.29) is 29.7 Å². The number of Topliss-reactive ketones (excluding diaryl/α,β-unsaturated/α-hetero) is 2. The van der Waals surface area contributed by atoms with E-state index in [2.05, 4.69) is 0 Å². The summed E-state index contributed by atoms with van der Waals surface area (Å²) < 4.78 is 5.17. The van der Waals surface area contributed by atoms with Crippen molar-refractivity contribution in [3.63, 3.8) is 0 Å². The molecule has 0 radical (unpaired) electrons. The molecule has 1 heterocycles. The molecule has 0 spiro atoms. The second-order valence-electron chi connectivity index (χ2n) is 9.69. The summed E-state index contributed by atoms with van der Waals surface area (Å²) in [5, 5.41) is 44.5. The maximum atomic E-state index is 13.7. The Labute approximate surface area is 204 Å². The zero-order valence-electron chi connectivity index (χ0n) is 19.5. The van der Waals surface area contributed by atoms with E-state index in [0.29, 0.717) is 16.7 Å². The molecule has 0 saturated carbocycles. The van der Waals surface area contributed by atoms with E-state index >= 15 is 0 Å². The molecule has 0 saturated heterocycles. The summed E-state index contributed by atoms with van der Waals surface area (Å²) in [5.41, 5.74) is 8.97. The molecule has 5 rings (SSSR count). The van der Waals surface area contributed by atoms with Crippen LogP contribution in [-0.4, -0.2) is 68.5 Å². The molecule has 8 N–H and O–H groups in total. The van der Waals surface area contributed by atoms with Crippen LogP contribution < -0.4 is 11.5 Å². The number of rotatable bonds is 3. The van der Waals surface area contributed by atoms with Gasteiger partial charge in [-0.3, -0.25) is 19.3 Å². The number of allylic oxidation sites excluding steroid dienone is 1. The first-order valence-corrected chi connectivity index (χ1v) is 11.2. The molecule has 36 heavy (non-hydrogen) atoms. The Hall–Kier alpha value is -4.09. The highest BCUT2D eigenvalue weighted by Gasteiger charge is 2.63. The molecule has 1 aromatic carbocycles. The summed E-state index contributed by atoms with van der Waals surface area (Å²) in [6.07, 6.45) is 3.08. The molecule has 11 heteroatoms. The van der Waals surface area contributed by atoms with Gasteiger partial charge in [0.2, 0.25) is 5.78 Å². The van der Waals surface area contributed by atoms with Crippen molar-refractivity contribution < 1.29 is 39.2 Å². The van der Waals surface area contributed by atoms with Gasteiger partial charge in [-0.1, -0.05) is 0 Å². The van der Waals surface area contributed by atoms with E-state index in [4.69, 9.17) is 15.9 Å². The topological polar surface area (TPSA) is 201 Å². The number of fused-ring (bicyclic) bond motifs is 3. The van der Waals surface area contributed by atoms with Gasteiger partial charge in [-0.2, -0.15) is 0 Å². The van der Waals surface area contributed by atoms with E-state index in [1.165, 1.54) is 23.5 Å². The lowest BCUT2D eigenvalue weighted by Crippen LogP contribution is -2.63. The minimum Gasteiger partial charge on any atom is -0.510 e. The van der Waals surface area contributed by atoms with Crippen LogP contribution >= 0.6 is 0 Å². The van der Waals surface area contributed by atoms with Crippen LogP contribution in [0.3, 0.4) is 0 Å². The number of likely N-dealkylation sites (N-methyl/N-ethyl adjacent to an activating group) is 1. The van der Waals surface area contributed by atoms with Crippen LogP contribution in [0.25, 0.3) is 11.1 Å². The molecule has 1 aromatic heterocycles. The monoisotopic (exact) mass is 495 g/mol. The van der Waals surface area contributed by atoms with Gasteiger partial charge < -0.3 is 36.3 Å². The first-order valence-electron chi connectivity index (χ1n) is 11.2. The number of aromatic hydroxyl groups is 1. The molecule has 2 aromatic rings. The standard InChI is InChI=1S/C25H25N3O8/c1-28(2)18-13-6-10-5-12-11(9-3-4-36-8-9)7-14(26)19(29)16(12)20(30)15(10)22(32)25(13,35)23(33)17(21(18)31)24(27)34/h3-4,7-8,10,13,18,29,31-32,35H,5-6,26H2,1-2H3,(H2,27,34)/t10-,13-,18+,25-/m1/s1. The van der Waals surface area contributed by atoms with Gasteiger partial charge in [0.05, 0.1) is 29.8 Å². The summed E-state index contributed by atoms with van der Waals surface area (Å²) in [6.45, 7) is 0. The highest BCUT2D eigenvalue weighted by Crippen LogP contribution is 2.53. The number of ketones is 2. The highest BCUT2D eigenvalue weighted by molar-refractivity contribution is 6.25. The molecule has 0 unspecified atom stereocenters. The molecule has 11 nitrogen and oxygen atoms in total. The third kappa shape index (κ3) is 2.90. The SMILES string of the molecule is CN(C)[C@@H]1C(O)=C(C(N)=O)C(=O)[C@]2(O)C(O)=C3C(=O)c4c(O)c(N)cc(-c5ccoc5)c4C[C@@H]3C[C@H]12. The number of aliphatic hydroxyl groups excluding tert-OH is 2. The molecule has 3 aliphatic rings. The van der Waals surface area contributed by atoms with Crippen LogP contribution in [0.2, 0.25) is 0 Å². The number of aliphatic hydroxyl groups is 3. The number of nitrogens with two attached hydrogens (primary N) is 2. The van der Waals surface area contributed by atoms with Crippen LogP contribution in [0.15, 0.2) is 51.7 Å². The number of hydrogen-bond acceptors (Lipinski definition) is 10. The number of hydrogen-bond donors (Lipinski definition) is 6. The van der Waals surface area contributed by atoms with E-state index in [1.807, 2.05) is 0 Å². The number of carbonyl (C=O) groups is 3. The van der Waals surface area contributed by atoms with E-state index in [9.17, 15) is 34.8 Å². The van der Waals surface area contributed by atoms with Crippen molar-refractivity contribution in [2.75, 3.05) is 19.8 Å². The number of furan rings is 1.